The summed E-state index contributed by atoms with van der Waals surface area (Å²) in [6.45, 7) is 3.45. The summed E-state index contributed by atoms with van der Waals surface area (Å²) in [6.07, 6.45) is 3.03. The van der Waals surface area contributed by atoms with Gasteiger partial charge in [0.25, 0.3) is 0 Å². The normalized spacial score (nSPS) is 12.2. The van der Waals surface area contributed by atoms with Gasteiger partial charge in [0.2, 0.25) is 0 Å². The number of sulfone groups is 1. The number of benzene rings is 1. The Kier molecular flexibility index (Phi) is 6.58. The average Bonchev–Trinajstić information content (AvgIpc) is 3.02. The van der Waals surface area contributed by atoms with Crippen molar-refractivity contribution in [3.63, 3.8) is 0 Å². The van der Waals surface area contributed by atoms with Crippen LogP contribution in [0.25, 0.3) is 11.3 Å². The van der Waals surface area contributed by atoms with Crippen LogP contribution in [-0.4, -0.2) is 61.4 Å². The minimum Gasteiger partial charge on any atom is -0.357 e. The van der Waals surface area contributed by atoms with Crippen molar-refractivity contribution in [3.05, 3.63) is 42.4 Å². The molecule has 0 aliphatic carbocycles. The predicted molar refractivity (Wildman–Crippen MR) is 101 cm³/mol. The fraction of sp³-hybridized carbons (Fsp3) is 0.412. The van der Waals surface area contributed by atoms with Crippen molar-refractivity contribution in [2.75, 3.05) is 32.1 Å². The number of hydrogen-bond donors (Lipinski definition) is 2. The van der Waals surface area contributed by atoms with Gasteiger partial charge < -0.3 is 15.2 Å². The summed E-state index contributed by atoms with van der Waals surface area (Å²) in [5.41, 5.74) is 2.04. The molecule has 0 spiro atoms. The minimum atomic E-state index is -3.02. The molecule has 25 heavy (non-hydrogen) atoms. The third-order valence-electron chi connectivity index (χ3n) is 3.52. The number of rotatable bonds is 7. The summed E-state index contributed by atoms with van der Waals surface area (Å²) in [5.74, 6) is 1.51. The van der Waals surface area contributed by atoms with Crippen LogP contribution in [0.1, 0.15) is 12.7 Å². The van der Waals surface area contributed by atoms with Gasteiger partial charge in [-0.25, -0.2) is 13.4 Å². The summed E-state index contributed by atoms with van der Waals surface area (Å²) >= 11 is 0. The van der Waals surface area contributed by atoms with Crippen LogP contribution in [0, 0.1) is 0 Å². The van der Waals surface area contributed by atoms with E-state index < -0.39 is 9.84 Å². The first-order chi connectivity index (χ1) is 11.9. The van der Waals surface area contributed by atoms with E-state index in [-0.39, 0.29) is 12.3 Å². The molecule has 0 saturated carbocycles. The maximum atomic E-state index is 11.3. The van der Waals surface area contributed by atoms with E-state index >= 15 is 0 Å². The van der Waals surface area contributed by atoms with Crippen LogP contribution in [0.3, 0.4) is 0 Å². The van der Waals surface area contributed by atoms with Gasteiger partial charge in [-0.05, 0) is 12.5 Å². The molecule has 0 unspecified atom stereocenters. The number of guanidine groups is 1. The maximum Gasteiger partial charge on any atom is 0.194 e. The molecular weight excluding hydrogens is 338 g/mol. The van der Waals surface area contributed by atoms with Gasteiger partial charge in [-0.15, -0.1) is 0 Å². The molecule has 2 N–H and O–H groups in total. The highest BCUT2D eigenvalue weighted by Crippen LogP contribution is 2.16. The molecule has 0 saturated heterocycles. The Bertz CT molecular complexity index is 799. The number of aromatic nitrogens is 2. The minimum absolute atomic E-state index is 0.0364. The van der Waals surface area contributed by atoms with Gasteiger partial charge >= 0.3 is 0 Å². The van der Waals surface area contributed by atoms with Gasteiger partial charge in [0, 0.05) is 19.8 Å². The van der Waals surface area contributed by atoms with Crippen molar-refractivity contribution in [1.82, 2.24) is 20.2 Å². The number of hydrogen-bond acceptors (Lipinski definition) is 4. The molecule has 0 aliphatic rings. The smallest absolute Gasteiger partial charge is 0.194 e. The number of H-pyrrole nitrogens is 1. The van der Waals surface area contributed by atoms with Crippen LogP contribution in [0.5, 0.6) is 0 Å². The molecule has 2 rings (SSSR count). The van der Waals surface area contributed by atoms with Crippen LogP contribution in [0.15, 0.2) is 41.5 Å². The second-order valence-corrected chi connectivity index (χ2v) is 8.09. The quantitative estimate of drug-likeness (QED) is 0.575. The Hall–Kier alpha value is -2.35. The largest absolute Gasteiger partial charge is 0.357 e. The molecule has 7 nitrogen and oxygen atoms in total. The van der Waals surface area contributed by atoms with Crippen LogP contribution >= 0.6 is 0 Å². The van der Waals surface area contributed by atoms with Crippen molar-refractivity contribution in [2.45, 2.75) is 13.5 Å². The van der Waals surface area contributed by atoms with Crippen molar-refractivity contribution >= 4 is 15.8 Å². The van der Waals surface area contributed by atoms with Crippen molar-refractivity contribution in [3.8, 4) is 11.3 Å². The maximum absolute atomic E-state index is 11.3. The second-order valence-electron chi connectivity index (χ2n) is 5.83. The summed E-state index contributed by atoms with van der Waals surface area (Å²) in [7, 11) is -1.12. The van der Waals surface area contributed by atoms with Crippen molar-refractivity contribution < 1.29 is 8.42 Å². The Morgan fingerprint density at radius 3 is 2.68 bits per heavy atom. The molecule has 0 radical (unpaired) electrons. The van der Waals surface area contributed by atoms with E-state index in [0.717, 1.165) is 17.1 Å². The number of imidazole rings is 1. The van der Waals surface area contributed by atoms with E-state index in [1.807, 2.05) is 55.4 Å². The number of nitrogens with one attached hydrogen (secondary N) is 2. The van der Waals surface area contributed by atoms with E-state index in [2.05, 4.69) is 20.3 Å². The topological polar surface area (TPSA) is 90.4 Å². The lowest BCUT2D eigenvalue weighted by molar-refractivity contribution is 0.464. The molecule has 0 atom stereocenters. The number of aromatic amines is 1. The lowest BCUT2D eigenvalue weighted by Crippen LogP contribution is -2.39. The monoisotopic (exact) mass is 363 g/mol. The Balaban J connectivity index is 2.04. The molecule has 1 aromatic carbocycles. The molecule has 0 aliphatic heterocycles. The Labute approximate surface area is 149 Å². The van der Waals surface area contributed by atoms with E-state index in [9.17, 15) is 8.42 Å². The van der Waals surface area contributed by atoms with Gasteiger partial charge in [-0.1, -0.05) is 30.3 Å². The number of nitrogens with zero attached hydrogens (tertiary/aromatic N) is 3. The van der Waals surface area contributed by atoms with Gasteiger partial charge in [0.15, 0.2) is 5.96 Å². The molecule has 2 aromatic rings. The van der Waals surface area contributed by atoms with Crippen LogP contribution in [0.4, 0.5) is 0 Å². The predicted octanol–water partition coefficient (Wildman–Crippen LogP) is 1.52. The molecular formula is C17H25N5O2S. The van der Waals surface area contributed by atoms with E-state index in [0.29, 0.717) is 19.0 Å². The Morgan fingerprint density at radius 2 is 2.04 bits per heavy atom. The standard InChI is InChI=1S/C17H25N5O2S/c1-4-18-17(19-10-11-25(3,23)24)22(2)13-16-20-12-15(21-16)14-8-6-5-7-9-14/h5-9,12H,4,10-11,13H2,1-3H3,(H,18,19)(H,20,21). The van der Waals surface area contributed by atoms with Gasteiger partial charge in [0.1, 0.15) is 15.7 Å². The highest BCUT2D eigenvalue weighted by atomic mass is 32.2. The first kappa shape index (κ1) is 19.0. The fourth-order valence-corrected chi connectivity index (χ4v) is 2.72. The van der Waals surface area contributed by atoms with Crippen LogP contribution in [-0.2, 0) is 16.4 Å². The first-order valence-electron chi connectivity index (χ1n) is 8.15. The SMILES string of the molecule is CCNC(=NCCS(C)(=O)=O)N(C)Cc1ncc(-c2ccccc2)[nH]1. The van der Waals surface area contributed by atoms with E-state index in [1.165, 1.54) is 6.26 Å². The van der Waals surface area contributed by atoms with Crippen LogP contribution < -0.4 is 5.32 Å². The molecule has 1 aromatic heterocycles. The summed E-state index contributed by atoms with van der Waals surface area (Å²) in [4.78, 5) is 14.0. The van der Waals surface area contributed by atoms with Gasteiger partial charge in [0.05, 0.1) is 30.7 Å². The zero-order chi connectivity index (χ0) is 18.3. The third-order valence-corrected chi connectivity index (χ3v) is 4.44. The number of aliphatic imine (C=N–C) groups is 1. The van der Waals surface area contributed by atoms with Crippen molar-refractivity contribution in [1.29, 1.82) is 0 Å². The van der Waals surface area contributed by atoms with Crippen LogP contribution in [0.2, 0.25) is 0 Å². The zero-order valence-corrected chi connectivity index (χ0v) is 15.7. The molecule has 0 fully saturated rings. The molecule has 0 bridgehead atoms. The third kappa shape index (κ3) is 6.22. The summed E-state index contributed by atoms with van der Waals surface area (Å²) in [5, 5.41) is 3.17. The average molecular weight is 363 g/mol. The zero-order valence-electron chi connectivity index (χ0n) is 14.9. The molecule has 8 heteroatoms. The highest BCUT2D eigenvalue weighted by molar-refractivity contribution is 7.90. The molecule has 136 valence electrons. The van der Waals surface area contributed by atoms with Gasteiger partial charge in [-0.2, -0.15) is 0 Å². The van der Waals surface area contributed by atoms with E-state index in [1.54, 1.807) is 0 Å². The summed E-state index contributed by atoms with van der Waals surface area (Å²) in [6, 6.07) is 10.00. The molecule has 1 heterocycles. The Morgan fingerprint density at radius 1 is 1.32 bits per heavy atom. The van der Waals surface area contributed by atoms with E-state index in [4.69, 9.17) is 0 Å². The lowest BCUT2D eigenvalue weighted by atomic mass is 10.2. The first-order valence-corrected chi connectivity index (χ1v) is 10.2. The highest BCUT2D eigenvalue weighted by Gasteiger charge is 2.10. The second kappa shape index (κ2) is 8.66. The van der Waals surface area contributed by atoms with Gasteiger partial charge in [-0.3, -0.25) is 4.99 Å². The molecule has 0 amide bonds. The fourth-order valence-electron chi connectivity index (χ4n) is 2.29. The summed E-state index contributed by atoms with van der Waals surface area (Å²) < 4.78 is 22.5. The van der Waals surface area contributed by atoms with Crippen molar-refractivity contribution in [2.24, 2.45) is 4.99 Å². The lowest BCUT2D eigenvalue weighted by Gasteiger charge is -2.21.